The molecule has 34 heavy (non-hydrogen) atoms. The first-order chi connectivity index (χ1) is 16.1. The maximum atomic E-state index is 12.9. The Labute approximate surface area is 195 Å². The molecule has 0 atom stereocenters. The lowest BCUT2D eigenvalue weighted by atomic mass is 9.95. The van der Waals surface area contributed by atoms with Crippen molar-refractivity contribution >= 4 is 11.8 Å². The molecule has 0 spiro atoms. The van der Waals surface area contributed by atoms with Crippen LogP contribution in [0.3, 0.4) is 0 Å². The molecule has 0 unspecified atom stereocenters. The Morgan fingerprint density at radius 1 is 1.09 bits per heavy atom. The Hall–Kier alpha value is -3.62. The molecule has 0 saturated carbocycles. The summed E-state index contributed by atoms with van der Waals surface area (Å²) in [5.41, 5.74) is 2.30. The van der Waals surface area contributed by atoms with Crippen LogP contribution in [0.4, 0.5) is 19.0 Å². The van der Waals surface area contributed by atoms with Crippen LogP contribution >= 0.6 is 0 Å². The zero-order valence-electron chi connectivity index (χ0n) is 19.1. The fraction of sp³-hybridized carbons (Fsp3) is 0.320. The minimum absolute atomic E-state index is 0.177. The number of aromatic nitrogens is 2. The summed E-state index contributed by atoms with van der Waals surface area (Å²) in [7, 11) is 1.34. The number of aromatic carboxylic acids is 1. The van der Waals surface area contributed by atoms with E-state index in [1.807, 2.05) is 19.9 Å². The Morgan fingerprint density at radius 3 is 2.50 bits per heavy atom. The third kappa shape index (κ3) is 6.24. The minimum atomic E-state index is -4.43. The van der Waals surface area contributed by atoms with Crippen molar-refractivity contribution in [1.82, 2.24) is 9.97 Å². The molecule has 9 heteroatoms. The van der Waals surface area contributed by atoms with Gasteiger partial charge in [-0.2, -0.15) is 13.2 Å². The van der Waals surface area contributed by atoms with E-state index in [2.05, 4.69) is 15.3 Å². The van der Waals surface area contributed by atoms with Crippen molar-refractivity contribution in [1.29, 1.82) is 0 Å². The van der Waals surface area contributed by atoms with Crippen LogP contribution in [0.2, 0.25) is 0 Å². The molecule has 6 nitrogen and oxygen atoms in total. The number of methoxy groups -OCH3 is 1. The highest BCUT2D eigenvalue weighted by atomic mass is 19.4. The summed E-state index contributed by atoms with van der Waals surface area (Å²) in [5.74, 6) is 0.0453. The summed E-state index contributed by atoms with van der Waals surface area (Å²) in [6.07, 6.45) is -1.98. The Bertz CT molecular complexity index is 1160. The van der Waals surface area contributed by atoms with Crippen molar-refractivity contribution in [3.8, 4) is 17.0 Å². The number of hydrogen-bond acceptors (Lipinski definition) is 5. The summed E-state index contributed by atoms with van der Waals surface area (Å²) in [4.78, 5) is 20.1. The van der Waals surface area contributed by atoms with E-state index in [0.717, 1.165) is 23.3 Å². The molecule has 3 aromatic rings. The number of hydrogen-bond donors (Lipinski definition) is 2. The van der Waals surface area contributed by atoms with Crippen molar-refractivity contribution < 1.29 is 27.8 Å². The van der Waals surface area contributed by atoms with E-state index < -0.39 is 17.7 Å². The summed E-state index contributed by atoms with van der Waals surface area (Å²) >= 11 is 0. The van der Waals surface area contributed by atoms with Crippen LogP contribution in [0.1, 0.15) is 40.9 Å². The van der Waals surface area contributed by atoms with E-state index in [0.29, 0.717) is 36.5 Å². The van der Waals surface area contributed by atoms with Gasteiger partial charge in [0.15, 0.2) is 0 Å². The molecule has 0 radical (unpaired) electrons. The fourth-order valence-electron chi connectivity index (χ4n) is 3.63. The Kier molecular flexibility index (Phi) is 7.75. The third-order valence-corrected chi connectivity index (χ3v) is 5.24. The van der Waals surface area contributed by atoms with Gasteiger partial charge in [-0.1, -0.05) is 26.0 Å². The first-order valence-corrected chi connectivity index (χ1v) is 10.7. The molecule has 0 fully saturated rings. The lowest BCUT2D eigenvalue weighted by Gasteiger charge is -2.14. The average Bonchev–Trinajstić information content (AvgIpc) is 2.78. The second-order valence-corrected chi connectivity index (χ2v) is 8.26. The summed E-state index contributed by atoms with van der Waals surface area (Å²) in [5, 5.41) is 12.6. The van der Waals surface area contributed by atoms with Gasteiger partial charge in [0, 0.05) is 18.2 Å². The maximum Gasteiger partial charge on any atom is 0.416 e. The van der Waals surface area contributed by atoms with Gasteiger partial charge in [-0.3, -0.25) is 0 Å². The number of alkyl halides is 3. The van der Waals surface area contributed by atoms with Gasteiger partial charge in [-0.25, -0.2) is 14.8 Å². The minimum Gasteiger partial charge on any atom is -0.496 e. The van der Waals surface area contributed by atoms with Crippen LogP contribution in [0.5, 0.6) is 5.75 Å². The molecule has 0 aliphatic carbocycles. The van der Waals surface area contributed by atoms with Crippen LogP contribution in [0.25, 0.3) is 11.3 Å². The molecule has 2 aromatic carbocycles. The first kappa shape index (κ1) is 25.0. The van der Waals surface area contributed by atoms with Crippen molar-refractivity contribution in [2.75, 3.05) is 19.0 Å². The van der Waals surface area contributed by atoms with Crippen molar-refractivity contribution in [3.63, 3.8) is 0 Å². The highest BCUT2D eigenvalue weighted by molar-refractivity contribution is 5.90. The topological polar surface area (TPSA) is 84.3 Å². The number of benzene rings is 2. The maximum absolute atomic E-state index is 12.9. The van der Waals surface area contributed by atoms with Gasteiger partial charge >= 0.3 is 12.1 Å². The molecule has 2 N–H and O–H groups in total. The number of nitrogens with one attached hydrogen (secondary N) is 1. The Balaban J connectivity index is 1.74. The van der Waals surface area contributed by atoms with Crippen LogP contribution in [-0.4, -0.2) is 34.7 Å². The molecule has 0 aliphatic heterocycles. The predicted octanol–water partition coefficient (Wildman–Crippen LogP) is 5.72. The predicted molar refractivity (Wildman–Crippen MR) is 123 cm³/mol. The lowest BCUT2D eigenvalue weighted by molar-refractivity contribution is -0.137. The summed E-state index contributed by atoms with van der Waals surface area (Å²) in [6.45, 7) is 4.46. The molecular weight excluding hydrogens is 447 g/mol. The quantitative estimate of drug-likeness (QED) is 0.413. The SMILES string of the molecule is COc1cc(C(F)(F)F)ccc1CCNc1cc(-c2ccc(C(=O)O)c(CC(C)C)c2)ncn1. The zero-order chi connectivity index (χ0) is 24.9. The van der Waals surface area contributed by atoms with Gasteiger partial charge < -0.3 is 15.2 Å². The fourth-order valence-corrected chi connectivity index (χ4v) is 3.63. The molecule has 0 bridgehead atoms. The van der Waals surface area contributed by atoms with Crippen molar-refractivity contribution in [2.45, 2.75) is 32.9 Å². The number of carboxylic acid groups (broad SMARTS) is 1. The third-order valence-electron chi connectivity index (χ3n) is 5.24. The van der Waals surface area contributed by atoms with Gasteiger partial charge in [-0.15, -0.1) is 0 Å². The highest BCUT2D eigenvalue weighted by Crippen LogP contribution is 2.33. The number of nitrogens with zero attached hydrogens (tertiary/aromatic N) is 2. The number of ether oxygens (including phenoxy) is 1. The number of rotatable bonds is 9. The van der Waals surface area contributed by atoms with Gasteiger partial charge in [0.2, 0.25) is 0 Å². The zero-order valence-corrected chi connectivity index (χ0v) is 19.1. The molecule has 1 aromatic heterocycles. The van der Waals surface area contributed by atoms with Crippen LogP contribution < -0.4 is 10.1 Å². The number of carbonyl (C=O) groups is 1. The second-order valence-electron chi connectivity index (χ2n) is 8.26. The Morgan fingerprint density at radius 2 is 1.85 bits per heavy atom. The van der Waals surface area contributed by atoms with Gasteiger partial charge in [0.25, 0.3) is 0 Å². The van der Waals surface area contributed by atoms with Crippen molar-refractivity contribution in [2.24, 2.45) is 5.92 Å². The van der Waals surface area contributed by atoms with Gasteiger partial charge in [0.1, 0.15) is 17.9 Å². The van der Waals surface area contributed by atoms with E-state index in [1.54, 1.807) is 18.2 Å². The average molecular weight is 473 g/mol. The first-order valence-electron chi connectivity index (χ1n) is 10.7. The largest absolute Gasteiger partial charge is 0.496 e. The molecule has 3 rings (SSSR count). The van der Waals surface area contributed by atoms with Crippen LogP contribution in [-0.2, 0) is 19.0 Å². The second kappa shape index (κ2) is 10.5. The summed E-state index contributed by atoms with van der Waals surface area (Å²) in [6, 6.07) is 10.3. The van der Waals surface area contributed by atoms with Crippen LogP contribution in [0.15, 0.2) is 48.8 Å². The molecular formula is C25H26F3N3O3. The van der Waals surface area contributed by atoms with E-state index in [4.69, 9.17) is 4.74 Å². The molecule has 180 valence electrons. The van der Waals surface area contributed by atoms with Crippen molar-refractivity contribution in [3.05, 3.63) is 71.0 Å². The molecule has 0 saturated heterocycles. The van der Waals surface area contributed by atoms with Gasteiger partial charge in [-0.05, 0) is 54.2 Å². The van der Waals surface area contributed by atoms with Crippen LogP contribution in [0, 0.1) is 5.92 Å². The van der Waals surface area contributed by atoms with E-state index in [9.17, 15) is 23.1 Å². The lowest BCUT2D eigenvalue weighted by Crippen LogP contribution is -2.09. The van der Waals surface area contributed by atoms with E-state index in [-0.39, 0.29) is 17.2 Å². The smallest absolute Gasteiger partial charge is 0.416 e. The molecule has 0 amide bonds. The van der Waals surface area contributed by atoms with E-state index >= 15 is 0 Å². The summed E-state index contributed by atoms with van der Waals surface area (Å²) < 4.78 is 43.9. The monoisotopic (exact) mass is 473 g/mol. The molecule has 1 heterocycles. The standard InChI is InChI=1S/C25H26F3N3O3/c1-15(2)10-18-11-17(5-7-20(18)24(32)33)21-13-23(31-14-30-21)29-9-8-16-4-6-19(25(26,27)28)12-22(16)34-3/h4-7,11-15H,8-10H2,1-3H3,(H,32,33)(H,29,30,31). The van der Waals surface area contributed by atoms with Gasteiger partial charge in [0.05, 0.1) is 23.9 Å². The normalized spacial score (nSPS) is 11.5. The highest BCUT2D eigenvalue weighted by Gasteiger charge is 2.31. The number of anilines is 1. The number of carboxylic acids is 1. The molecule has 0 aliphatic rings. The number of halogens is 3. The van der Waals surface area contributed by atoms with E-state index in [1.165, 1.54) is 19.5 Å².